The molecule has 0 spiro atoms. The lowest BCUT2D eigenvalue weighted by molar-refractivity contribution is 0.0697. The Morgan fingerprint density at radius 2 is 1.90 bits per heavy atom. The summed E-state index contributed by atoms with van der Waals surface area (Å²) in [6.07, 6.45) is 9.36. The molecular formula is C19H28O2. The molecule has 0 amide bonds. The van der Waals surface area contributed by atoms with Crippen LogP contribution in [0, 0.1) is 11.8 Å². The number of benzene rings is 1. The molecule has 1 N–H and O–H groups in total. The van der Waals surface area contributed by atoms with E-state index in [0.717, 1.165) is 5.92 Å². The maximum atomic E-state index is 10.9. The van der Waals surface area contributed by atoms with Gasteiger partial charge in [0.05, 0.1) is 5.56 Å². The monoisotopic (exact) mass is 288 g/mol. The molecule has 1 aliphatic rings. The van der Waals surface area contributed by atoms with Crippen molar-refractivity contribution in [2.45, 2.75) is 64.7 Å². The van der Waals surface area contributed by atoms with Gasteiger partial charge in [-0.15, -0.1) is 0 Å². The van der Waals surface area contributed by atoms with Gasteiger partial charge < -0.3 is 5.11 Å². The fraction of sp³-hybridized carbons (Fsp3) is 0.632. The molecule has 1 aromatic rings. The molecular weight excluding hydrogens is 260 g/mol. The van der Waals surface area contributed by atoms with Crippen LogP contribution in [0.15, 0.2) is 24.3 Å². The van der Waals surface area contributed by atoms with E-state index in [4.69, 9.17) is 5.11 Å². The summed E-state index contributed by atoms with van der Waals surface area (Å²) in [5.41, 5.74) is 1.71. The Morgan fingerprint density at radius 3 is 2.48 bits per heavy atom. The minimum absolute atomic E-state index is 0.389. The predicted octanol–water partition coefficient (Wildman–Crippen LogP) is 5.48. The van der Waals surface area contributed by atoms with Crippen LogP contribution in [0.25, 0.3) is 0 Å². The van der Waals surface area contributed by atoms with E-state index in [9.17, 15) is 4.79 Å². The van der Waals surface area contributed by atoms with Gasteiger partial charge in [0.15, 0.2) is 0 Å². The first-order chi connectivity index (χ1) is 10.1. The van der Waals surface area contributed by atoms with Gasteiger partial charge in [0.2, 0.25) is 0 Å². The molecule has 1 aromatic carbocycles. The summed E-state index contributed by atoms with van der Waals surface area (Å²) < 4.78 is 0. The summed E-state index contributed by atoms with van der Waals surface area (Å²) in [6.45, 7) is 4.63. The molecule has 0 aromatic heterocycles. The largest absolute Gasteiger partial charge is 0.478 e. The Bertz CT molecular complexity index is 449. The molecule has 0 saturated heterocycles. The Labute approximate surface area is 128 Å². The van der Waals surface area contributed by atoms with Gasteiger partial charge in [0.1, 0.15) is 0 Å². The fourth-order valence-corrected chi connectivity index (χ4v) is 3.82. The summed E-state index contributed by atoms with van der Waals surface area (Å²) in [7, 11) is 0. The molecule has 1 aliphatic carbocycles. The number of unbranched alkanes of at least 4 members (excludes halogenated alkanes) is 2. The van der Waals surface area contributed by atoms with E-state index in [0.29, 0.717) is 17.4 Å². The number of carboxylic acid groups (broad SMARTS) is 1. The van der Waals surface area contributed by atoms with Gasteiger partial charge in [-0.2, -0.15) is 0 Å². The zero-order valence-corrected chi connectivity index (χ0v) is 13.3. The minimum atomic E-state index is -0.839. The van der Waals surface area contributed by atoms with Crippen molar-refractivity contribution in [2.75, 3.05) is 0 Å². The Kier molecular flexibility index (Phi) is 5.84. The second kappa shape index (κ2) is 7.63. The standard InChI is InChI=1S/C19H28O2/c1-3-4-5-6-15-7-12-18(14(2)13-15)16-8-10-17(11-9-16)19(20)21/h8-11,14-15,18H,3-7,12-13H2,1-2H3,(H,20,21). The van der Waals surface area contributed by atoms with E-state index in [-0.39, 0.29) is 0 Å². The third-order valence-electron chi connectivity index (χ3n) is 5.08. The van der Waals surface area contributed by atoms with E-state index < -0.39 is 5.97 Å². The number of carbonyl (C=O) groups is 1. The van der Waals surface area contributed by atoms with E-state index in [1.807, 2.05) is 12.1 Å². The highest BCUT2D eigenvalue weighted by atomic mass is 16.4. The van der Waals surface area contributed by atoms with Crippen molar-refractivity contribution in [3.05, 3.63) is 35.4 Å². The van der Waals surface area contributed by atoms with Crippen LogP contribution in [0.1, 0.15) is 80.6 Å². The van der Waals surface area contributed by atoms with E-state index >= 15 is 0 Å². The molecule has 2 rings (SSSR count). The predicted molar refractivity (Wildman–Crippen MR) is 86.8 cm³/mol. The first kappa shape index (κ1) is 16.1. The second-order valence-electron chi connectivity index (χ2n) is 6.69. The molecule has 0 aliphatic heterocycles. The lowest BCUT2D eigenvalue weighted by Gasteiger charge is -2.34. The number of aromatic carboxylic acids is 1. The smallest absolute Gasteiger partial charge is 0.335 e. The molecule has 2 nitrogen and oxygen atoms in total. The maximum Gasteiger partial charge on any atom is 0.335 e. The zero-order valence-electron chi connectivity index (χ0n) is 13.3. The van der Waals surface area contributed by atoms with Gasteiger partial charge in [0, 0.05) is 0 Å². The number of rotatable bonds is 6. The molecule has 21 heavy (non-hydrogen) atoms. The first-order valence-electron chi connectivity index (χ1n) is 8.45. The first-order valence-corrected chi connectivity index (χ1v) is 8.45. The average Bonchev–Trinajstić information content (AvgIpc) is 2.48. The second-order valence-corrected chi connectivity index (χ2v) is 6.69. The van der Waals surface area contributed by atoms with Gasteiger partial charge in [-0.3, -0.25) is 0 Å². The van der Waals surface area contributed by atoms with Crippen molar-refractivity contribution in [2.24, 2.45) is 11.8 Å². The Balaban J connectivity index is 1.92. The van der Waals surface area contributed by atoms with Crippen LogP contribution >= 0.6 is 0 Å². The maximum absolute atomic E-state index is 10.9. The van der Waals surface area contributed by atoms with Gasteiger partial charge in [-0.1, -0.05) is 51.7 Å². The van der Waals surface area contributed by atoms with Crippen LogP contribution in [0.3, 0.4) is 0 Å². The molecule has 116 valence electrons. The van der Waals surface area contributed by atoms with Crippen LogP contribution in [0.2, 0.25) is 0 Å². The molecule has 0 bridgehead atoms. The van der Waals surface area contributed by atoms with E-state index in [1.54, 1.807) is 12.1 Å². The number of carboxylic acids is 1. The third kappa shape index (κ3) is 4.33. The Morgan fingerprint density at radius 1 is 1.19 bits per heavy atom. The van der Waals surface area contributed by atoms with Crippen LogP contribution < -0.4 is 0 Å². The molecule has 0 radical (unpaired) electrons. The van der Waals surface area contributed by atoms with Gasteiger partial charge in [0.25, 0.3) is 0 Å². The minimum Gasteiger partial charge on any atom is -0.478 e. The summed E-state index contributed by atoms with van der Waals surface area (Å²) in [6, 6.07) is 7.53. The van der Waals surface area contributed by atoms with Crippen molar-refractivity contribution in [3.8, 4) is 0 Å². The van der Waals surface area contributed by atoms with Crippen molar-refractivity contribution < 1.29 is 9.90 Å². The molecule has 3 unspecified atom stereocenters. The van der Waals surface area contributed by atoms with Crippen LogP contribution in [-0.4, -0.2) is 11.1 Å². The zero-order chi connectivity index (χ0) is 15.2. The van der Waals surface area contributed by atoms with Crippen molar-refractivity contribution in [3.63, 3.8) is 0 Å². The normalized spacial score (nSPS) is 25.7. The van der Waals surface area contributed by atoms with E-state index in [1.165, 1.54) is 50.5 Å². The molecule has 1 fully saturated rings. The molecule has 2 heteroatoms. The van der Waals surface area contributed by atoms with E-state index in [2.05, 4.69) is 13.8 Å². The topological polar surface area (TPSA) is 37.3 Å². The number of hydrogen-bond donors (Lipinski definition) is 1. The highest BCUT2D eigenvalue weighted by Crippen LogP contribution is 2.41. The lowest BCUT2D eigenvalue weighted by Crippen LogP contribution is -2.21. The lowest BCUT2D eigenvalue weighted by atomic mass is 9.71. The van der Waals surface area contributed by atoms with Gasteiger partial charge >= 0.3 is 5.97 Å². The highest BCUT2D eigenvalue weighted by Gasteiger charge is 2.28. The van der Waals surface area contributed by atoms with Crippen molar-refractivity contribution in [1.29, 1.82) is 0 Å². The van der Waals surface area contributed by atoms with Crippen LogP contribution in [-0.2, 0) is 0 Å². The molecule has 3 atom stereocenters. The quantitative estimate of drug-likeness (QED) is 0.703. The fourth-order valence-electron chi connectivity index (χ4n) is 3.82. The SMILES string of the molecule is CCCCCC1CCC(c2ccc(C(=O)O)cc2)C(C)C1. The summed E-state index contributed by atoms with van der Waals surface area (Å²) in [5, 5.41) is 8.98. The number of hydrogen-bond acceptors (Lipinski definition) is 1. The summed E-state index contributed by atoms with van der Waals surface area (Å²) in [5.74, 6) is 1.38. The molecule has 0 heterocycles. The van der Waals surface area contributed by atoms with Crippen molar-refractivity contribution >= 4 is 5.97 Å². The average molecular weight is 288 g/mol. The van der Waals surface area contributed by atoms with Crippen molar-refractivity contribution in [1.82, 2.24) is 0 Å². The summed E-state index contributed by atoms with van der Waals surface area (Å²) in [4.78, 5) is 10.9. The third-order valence-corrected chi connectivity index (χ3v) is 5.08. The highest BCUT2D eigenvalue weighted by molar-refractivity contribution is 5.87. The van der Waals surface area contributed by atoms with Crippen LogP contribution in [0.5, 0.6) is 0 Å². The van der Waals surface area contributed by atoms with Gasteiger partial charge in [-0.05, 0) is 54.7 Å². The Hall–Kier alpha value is -1.31. The van der Waals surface area contributed by atoms with Gasteiger partial charge in [-0.25, -0.2) is 4.79 Å². The summed E-state index contributed by atoms with van der Waals surface area (Å²) >= 11 is 0. The van der Waals surface area contributed by atoms with Crippen LogP contribution in [0.4, 0.5) is 0 Å². The molecule has 1 saturated carbocycles.